The summed E-state index contributed by atoms with van der Waals surface area (Å²) in [5, 5.41) is 1.58. The topological polar surface area (TPSA) is 91.8 Å². The maximum absolute atomic E-state index is 15.1. The number of hydrazine groups is 1. The Morgan fingerprint density at radius 2 is 1.94 bits per heavy atom. The molecule has 2 saturated heterocycles. The van der Waals surface area contributed by atoms with Gasteiger partial charge in [0.25, 0.3) is 6.43 Å². The molecule has 0 bridgehead atoms. The number of pyridine rings is 1. The van der Waals surface area contributed by atoms with Gasteiger partial charge in [0.1, 0.15) is 11.9 Å². The van der Waals surface area contributed by atoms with Gasteiger partial charge in [0.15, 0.2) is 5.78 Å². The van der Waals surface area contributed by atoms with Crippen molar-refractivity contribution in [2.45, 2.75) is 50.6 Å². The normalized spacial score (nSPS) is 20.4. The zero-order valence-corrected chi connectivity index (χ0v) is 19.5. The van der Waals surface area contributed by atoms with Gasteiger partial charge in [0.05, 0.1) is 18.7 Å². The van der Waals surface area contributed by atoms with Crippen LogP contribution in [0.4, 0.5) is 23.7 Å². The van der Waals surface area contributed by atoms with E-state index in [4.69, 9.17) is 4.74 Å². The van der Waals surface area contributed by atoms with Gasteiger partial charge in [-0.05, 0) is 60.6 Å². The van der Waals surface area contributed by atoms with Crippen molar-refractivity contribution in [1.82, 2.24) is 15.4 Å². The molecule has 11 heteroatoms. The van der Waals surface area contributed by atoms with E-state index in [1.165, 1.54) is 11.0 Å². The number of alkyl halides is 2. The maximum atomic E-state index is 15.1. The molecule has 1 aromatic heterocycles. The molecule has 36 heavy (non-hydrogen) atoms. The number of rotatable bonds is 8. The van der Waals surface area contributed by atoms with E-state index in [2.05, 4.69) is 10.4 Å². The van der Waals surface area contributed by atoms with Crippen LogP contribution in [0.25, 0.3) is 0 Å². The van der Waals surface area contributed by atoms with Crippen LogP contribution in [0, 0.1) is 5.82 Å². The number of halogens is 3. The van der Waals surface area contributed by atoms with Crippen LogP contribution in [0.15, 0.2) is 42.7 Å². The molecule has 1 N–H and O–H groups in total. The number of nitrogens with one attached hydrogen (secondary N) is 1. The summed E-state index contributed by atoms with van der Waals surface area (Å²) in [7, 11) is 0. The minimum absolute atomic E-state index is 0.0164. The number of aromatic nitrogens is 1. The highest BCUT2D eigenvalue weighted by atomic mass is 19.3. The van der Waals surface area contributed by atoms with Crippen molar-refractivity contribution < 1.29 is 32.3 Å². The molecule has 192 valence electrons. The number of hydrogen-bond acceptors (Lipinski definition) is 6. The van der Waals surface area contributed by atoms with Crippen LogP contribution < -0.4 is 10.3 Å². The maximum Gasteiger partial charge on any atom is 0.414 e. The lowest BCUT2D eigenvalue weighted by atomic mass is 9.92. The predicted octanol–water partition coefficient (Wildman–Crippen LogP) is 3.61. The highest BCUT2D eigenvalue weighted by molar-refractivity contribution is 5.90. The van der Waals surface area contributed by atoms with Crippen molar-refractivity contribution in [2.75, 3.05) is 24.5 Å². The van der Waals surface area contributed by atoms with Crippen molar-refractivity contribution in [3.8, 4) is 0 Å². The third-order valence-corrected chi connectivity index (χ3v) is 6.47. The number of nitrogens with zero attached hydrogens (tertiary/aromatic N) is 3. The standard InChI is InChI=1S/C25H27F3N4O4/c26-21-14-18(31-15-19(36-25(31)35)2-4-22(33)24(27)28)1-3-20(21)17-7-11-30-32(12-8-17)23(34)13-16-5-9-29-10-6-16/h1,3,5-6,9-10,14,17,19,24,30H,2,4,7-8,11-13,15H2/t17?,19-/m0/s1. The summed E-state index contributed by atoms with van der Waals surface area (Å²) in [6.45, 7) is 0.981. The summed E-state index contributed by atoms with van der Waals surface area (Å²) in [6.07, 6.45) is -0.179. The fraction of sp³-hybridized carbons (Fsp3) is 0.440. The molecule has 2 aliphatic rings. The molecule has 1 aromatic carbocycles. The van der Waals surface area contributed by atoms with Crippen LogP contribution >= 0.6 is 0 Å². The van der Waals surface area contributed by atoms with Crippen LogP contribution in [0.1, 0.15) is 42.7 Å². The second-order valence-corrected chi connectivity index (χ2v) is 8.89. The zero-order chi connectivity index (χ0) is 25.7. The van der Waals surface area contributed by atoms with Crippen LogP contribution in [0.2, 0.25) is 0 Å². The number of amides is 2. The Balaban J connectivity index is 1.35. The van der Waals surface area contributed by atoms with Gasteiger partial charge in [-0.2, -0.15) is 0 Å². The Morgan fingerprint density at radius 1 is 1.17 bits per heavy atom. The summed E-state index contributed by atoms with van der Waals surface area (Å²) in [4.78, 5) is 41.2. The summed E-state index contributed by atoms with van der Waals surface area (Å²) >= 11 is 0. The molecule has 0 radical (unpaired) electrons. The Morgan fingerprint density at radius 3 is 2.67 bits per heavy atom. The number of anilines is 1. The number of hydrogen-bond donors (Lipinski definition) is 1. The zero-order valence-electron chi connectivity index (χ0n) is 19.5. The van der Waals surface area contributed by atoms with E-state index in [-0.39, 0.29) is 31.2 Å². The van der Waals surface area contributed by atoms with Crippen molar-refractivity contribution in [1.29, 1.82) is 0 Å². The Hall–Kier alpha value is -3.47. The number of benzene rings is 1. The SMILES string of the molecule is O=C(CC[C@H]1CN(c2ccc(C3CCNN(C(=O)Cc4ccncc4)CC3)c(F)c2)C(=O)O1)C(F)F. The van der Waals surface area contributed by atoms with Crippen LogP contribution in [0.3, 0.4) is 0 Å². The van der Waals surface area contributed by atoms with Gasteiger partial charge in [-0.3, -0.25) is 24.5 Å². The Kier molecular flexibility index (Phi) is 8.19. The minimum Gasteiger partial charge on any atom is -0.444 e. The van der Waals surface area contributed by atoms with Crippen LogP contribution in [-0.2, 0) is 20.7 Å². The highest BCUT2D eigenvalue weighted by Crippen LogP contribution is 2.32. The first-order chi connectivity index (χ1) is 17.3. The summed E-state index contributed by atoms with van der Waals surface area (Å²) in [5.74, 6) is -1.87. The summed E-state index contributed by atoms with van der Waals surface area (Å²) in [6, 6.07) is 8.09. The van der Waals surface area contributed by atoms with Gasteiger partial charge in [-0.15, -0.1) is 0 Å². The second kappa shape index (κ2) is 11.5. The summed E-state index contributed by atoms with van der Waals surface area (Å²) in [5.41, 5.74) is 4.78. The lowest BCUT2D eigenvalue weighted by Crippen LogP contribution is -2.43. The lowest BCUT2D eigenvalue weighted by Gasteiger charge is -2.21. The second-order valence-electron chi connectivity index (χ2n) is 8.89. The van der Waals surface area contributed by atoms with Gasteiger partial charge in [0.2, 0.25) is 5.91 Å². The fourth-order valence-electron chi connectivity index (χ4n) is 4.49. The van der Waals surface area contributed by atoms with E-state index in [0.717, 1.165) is 5.56 Å². The van der Waals surface area contributed by atoms with Gasteiger partial charge < -0.3 is 4.74 Å². The lowest BCUT2D eigenvalue weighted by molar-refractivity contribution is -0.133. The monoisotopic (exact) mass is 504 g/mol. The molecule has 0 saturated carbocycles. The van der Waals surface area contributed by atoms with E-state index in [9.17, 15) is 23.2 Å². The quantitative estimate of drug-likeness (QED) is 0.591. The van der Waals surface area contributed by atoms with Crippen molar-refractivity contribution in [3.63, 3.8) is 0 Å². The fourth-order valence-corrected chi connectivity index (χ4v) is 4.49. The molecular weight excluding hydrogens is 477 g/mol. The van der Waals surface area contributed by atoms with Crippen molar-refractivity contribution >= 4 is 23.5 Å². The van der Waals surface area contributed by atoms with Crippen LogP contribution in [0.5, 0.6) is 0 Å². The molecular formula is C25H27F3N4O4. The average molecular weight is 505 g/mol. The first kappa shape index (κ1) is 25.6. The van der Waals surface area contributed by atoms with E-state index < -0.39 is 36.6 Å². The van der Waals surface area contributed by atoms with Crippen molar-refractivity contribution in [2.24, 2.45) is 0 Å². The number of ketones is 1. The third kappa shape index (κ3) is 6.20. The number of carbonyl (C=O) groups excluding carboxylic acids is 3. The largest absolute Gasteiger partial charge is 0.444 e. The molecule has 3 heterocycles. The van der Waals surface area contributed by atoms with E-state index in [1.807, 2.05) is 0 Å². The number of Topliss-reactive ketones (excluding diaryl/α,β-unsaturated/α-hetero) is 1. The van der Waals surface area contributed by atoms with Gasteiger partial charge in [-0.1, -0.05) is 6.07 Å². The molecule has 0 aliphatic carbocycles. The van der Waals surface area contributed by atoms with E-state index >= 15 is 4.39 Å². The summed E-state index contributed by atoms with van der Waals surface area (Å²) < 4.78 is 45.1. The Bertz CT molecular complexity index is 1100. The predicted molar refractivity (Wildman–Crippen MR) is 124 cm³/mol. The molecule has 8 nitrogen and oxygen atoms in total. The average Bonchev–Trinajstić information content (AvgIpc) is 3.07. The molecule has 2 amide bonds. The first-order valence-electron chi connectivity index (χ1n) is 11.8. The molecule has 4 rings (SSSR count). The minimum atomic E-state index is -3.05. The molecule has 2 fully saturated rings. The van der Waals surface area contributed by atoms with Crippen molar-refractivity contribution in [3.05, 3.63) is 59.7 Å². The highest BCUT2D eigenvalue weighted by Gasteiger charge is 2.34. The van der Waals surface area contributed by atoms with Crippen LogP contribution in [-0.4, -0.2) is 59.9 Å². The van der Waals surface area contributed by atoms with Gasteiger partial charge in [-0.25, -0.2) is 23.4 Å². The molecule has 2 atom stereocenters. The molecule has 1 unspecified atom stereocenters. The Labute approximate surface area is 206 Å². The molecule has 2 aromatic rings. The van der Waals surface area contributed by atoms with E-state index in [0.29, 0.717) is 37.2 Å². The van der Waals surface area contributed by atoms with Gasteiger partial charge in [0, 0.05) is 31.9 Å². The smallest absolute Gasteiger partial charge is 0.414 e. The first-order valence-corrected chi connectivity index (χ1v) is 11.8. The number of ether oxygens (including phenoxy) is 1. The molecule has 2 aliphatic heterocycles. The number of cyclic esters (lactones) is 1. The molecule has 0 spiro atoms. The van der Waals surface area contributed by atoms with Gasteiger partial charge >= 0.3 is 6.09 Å². The third-order valence-electron chi connectivity index (χ3n) is 6.47. The van der Waals surface area contributed by atoms with E-state index in [1.54, 1.807) is 41.7 Å². The number of carbonyl (C=O) groups is 3.